The van der Waals surface area contributed by atoms with Gasteiger partial charge in [-0.1, -0.05) is 0 Å². The number of ether oxygens (including phenoxy) is 1. The number of anilines is 1. The number of hydrogen-bond donors (Lipinski definition) is 4. The molecule has 12 heteroatoms. The maximum absolute atomic E-state index is 12.9. The van der Waals surface area contributed by atoms with Gasteiger partial charge in [-0.3, -0.25) is 9.48 Å². The minimum atomic E-state index is -1.40. The Morgan fingerprint density at radius 2 is 2.09 bits per heavy atom. The highest BCUT2D eigenvalue weighted by Gasteiger charge is 2.48. The summed E-state index contributed by atoms with van der Waals surface area (Å²) < 4.78 is 9.15. The summed E-state index contributed by atoms with van der Waals surface area (Å²) in [7, 11) is 3.80. The van der Waals surface area contributed by atoms with Crippen LogP contribution in [0, 0.1) is 0 Å². The quantitative estimate of drug-likeness (QED) is 0.396. The van der Waals surface area contributed by atoms with E-state index in [-0.39, 0.29) is 11.9 Å². The molecule has 33 heavy (non-hydrogen) atoms. The highest BCUT2D eigenvalue weighted by atomic mass is 16.6. The van der Waals surface area contributed by atoms with Gasteiger partial charge in [-0.15, -0.1) is 0 Å². The number of fused-ring (bicyclic) bond motifs is 1. The van der Waals surface area contributed by atoms with Crippen LogP contribution < -0.4 is 11.1 Å². The van der Waals surface area contributed by atoms with Gasteiger partial charge in [-0.05, 0) is 32.5 Å². The maximum Gasteiger partial charge on any atom is 0.252 e. The van der Waals surface area contributed by atoms with Crippen LogP contribution in [-0.4, -0.2) is 89.8 Å². The average Bonchev–Trinajstić information content (AvgIpc) is 3.45. The topological polar surface area (TPSA) is 157 Å². The third kappa shape index (κ3) is 3.84. The second-order valence-corrected chi connectivity index (χ2v) is 8.82. The van der Waals surface area contributed by atoms with Crippen molar-refractivity contribution in [2.75, 3.05) is 25.9 Å². The van der Waals surface area contributed by atoms with Crippen molar-refractivity contribution in [1.82, 2.24) is 34.5 Å². The van der Waals surface area contributed by atoms with Crippen molar-refractivity contribution >= 4 is 22.8 Å². The van der Waals surface area contributed by atoms with Crippen LogP contribution in [0.15, 0.2) is 24.8 Å². The average molecular weight is 457 g/mol. The van der Waals surface area contributed by atoms with Crippen molar-refractivity contribution in [2.24, 2.45) is 7.05 Å². The third-order valence-electron chi connectivity index (χ3n) is 6.37. The lowest BCUT2D eigenvalue weighted by atomic mass is 10.0. The molecule has 0 aromatic carbocycles. The van der Waals surface area contributed by atoms with Crippen LogP contribution >= 0.6 is 0 Å². The number of nitrogens with two attached hydrogens (primary N) is 1. The number of piperidine rings is 1. The smallest absolute Gasteiger partial charge is 0.252 e. The predicted molar refractivity (Wildman–Crippen MR) is 119 cm³/mol. The molecule has 2 fully saturated rings. The first-order valence-corrected chi connectivity index (χ1v) is 10.9. The summed E-state index contributed by atoms with van der Waals surface area (Å²) in [6.07, 6.45) is 1.65. The number of aryl methyl sites for hydroxylation is 1. The number of nitrogens with zero attached hydrogens (tertiary/aromatic N) is 6. The number of aliphatic hydroxyl groups excluding tert-OH is 2. The number of carbonyl (C=O) groups excluding carboxylic acids is 1. The molecule has 2 aliphatic heterocycles. The Bertz CT molecular complexity index is 1180. The molecular formula is C21H28N8O4. The van der Waals surface area contributed by atoms with Crippen LogP contribution in [0.5, 0.6) is 0 Å². The maximum atomic E-state index is 12.9. The highest BCUT2D eigenvalue weighted by Crippen LogP contribution is 2.38. The Kier molecular flexibility index (Phi) is 5.52. The van der Waals surface area contributed by atoms with E-state index in [4.69, 9.17) is 10.5 Å². The Morgan fingerprint density at radius 3 is 2.82 bits per heavy atom. The number of hydrogen-bond acceptors (Lipinski definition) is 9. The Balaban J connectivity index is 1.45. The fourth-order valence-corrected chi connectivity index (χ4v) is 4.73. The number of aromatic nitrogens is 5. The molecule has 2 aliphatic rings. The van der Waals surface area contributed by atoms with E-state index < -0.39 is 30.4 Å². The molecule has 0 spiro atoms. The van der Waals surface area contributed by atoms with Gasteiger partial charge in [0.2, 0.25) is 0 Å². The summed E-state index contributed by atoms with van der Waals surface area (Å²) in [5, 5.41) is 29.4. The normalized spacial score (nSPS) is 28.4. The molecule has 0 unspecified atom stereocenters. The minimum absolute atomic E-state index is 0.0288. The monoisotopic (exact) mass is 456 g/mol. The standard InChI is InChI=1S/C21H28N8O4/c1-27-6-3-4-11(8-27)25-20(32)17-15(30)16(31)21(33-17)29-9-12(13-5-7-28(2)26-13)14-18(22)23-10-24-19(14)29/h5,7,9-11,15-17,21,30-31H,3-4,6,8H2,1-2H3,(H,25,32)(H2,22,23,24)/t11-,15-,16+,17-,21+/m0/s1. The molecule has 5 atom stereocenters. The molecule has 12 nitrogen and oxygen atoms in total. The number of aliphatic hydroxyl groups is 2. The van der Waals surface area contributed by atoms with Crippen LogP contribution in [0.25, 0.3) is 22.3 Å². The lowest BCUT2D eigenvalue weighted by Gasteiger charge is -2.31. The molecule has 0 aliphatic carbocycles. The van der Waals surface area contributed by atoms with E-state index in [2.05, 4.69) is 25.3 Å². The molecule has 5 N–H and O–H groups in total. The number of rotatable bonds is 4. The van der Waals surface area contributed by atoms with E-state index in [1.165, 1.54) is 6.33 Å². The SMILES string of the molecule is CN1CCC[C@H](NC(=O)[C@H]2O[C@@H](n3cc(-c4ccn(C)n4)c4c(N)ncnc43)[C@H](O)[C@@H]2O)C1. The zero-order chi connectivity index (χ0) is 23.3. The molecule has 5 heterocycles. The first-order valence-electron chi connectivity index (χ1n) is 10.9. The molecule has 2 saturated heterocycles. The first kappa shape index (κ1) is 21.8. The molecule has 3 aromatic heterocycles. The van der Waals surface area contributed by atoms with Crippen molar-refractivity contribution < 1.29 is 19.7 Å². The van der Waals surface area contributed by atoms with Gasteiger partial charge in [-0.2, -0.15) is 5.10 Å². The van der Waals surface area contributed by atoms with Gasteiger partial charge in [0.15, 0.2) is 12.3 Å². The van der Waals surface area contributed by atoms with Crippen molar-refractivity contribution in [2.45, 2.75) is 43.4 Å². The number of likely N-dealkylation sites (N-methyl/N-ethyl adjacent to an activating group) is 1. The van der Waals surface area contributed by atoms with Gasteiger partial charge in [0, 0.05) is 37.6 Å². The molecule has 5 rings (SSSR count). The fourth-order valence-electron chi connectivity index (χ4n) is 4.73. The zero-order valence-corrected chi connectivity index (χ0v) is 18.5. The van der Waals surface area contributed by atoms with Crippen molar-refractivity contribution in [1.29, 1.82) is 0 Å². The Morgan fingerprint density at radius 1 is 1.27 bits per heavy atom. The fraction of sp³-hybridized carbons (Fsp3) is 0.524. The molecule has 0 radical (unpaired) electrons. The minimum Gasteiger partial charge on any atom is -0.387 e. The zero-order valence-electron chi connectivity index (χ0n) is 18.5. The van der Waals surface area contributed by atoms with Crippen LogP contribution in [0.1, 0.15) is 19.1 Å². The van der Waals surface area contributed by atoms with Gasteiger partial charge >= 0.3 is 0 Å². The van der Waals surface area contributed by atoms with E-state index in [1.54, 1.807) is 28.7 Å². The number of carbonyl (C=O) groups is 1. The van der Waals surface area contributed by atoms with Crippen LogP contribution in [0.3, 0.4) is 0 Å². The van der Waals surface area contributed by atoms with Gasteiger partial charge in [0.1, 0.15) is 30.0 Å². The number of likely N-dealkylation sites (tertiary alicyclic amines) is 1. The van der Waals surface area contributed by atoms with E-state index in [0.29, 0.717) is 22.3 Å². The van der Waals surface area contributed by atoms with Gasteiger partial charge in [-0.25, -0.2) is 9.97 Å². The van der Waals surface area contributed by atoms with Gasteiger partial charge in [0.25, 0.3) is 5.91 Å². The lowest BCUT2D eigenvalue weighted by molar-refractivity contribution is -0.138. The summed E-state index contributed by atoms with van der Waals surface area (Å²) in [4.78, 5) is 23.5. The number of nitrogens with one attached hydrogen (secondary N) is 1. The summed E-state index contributed by atoms with van der Waals surface area (Å²) in [5.41, 5.74) is 7.86. The molecule has 0 bridgehead atoms. The lowest BCUT2D eigenvalue weighted by Crippen LogP contribution is -2.51. The van der Waals surface area contributed by atoms with Crippen molar-refractivity contribution in [3.8, 4) is 11.3 Å². The summed E-state index contributed by atoms with van der Waals surface area (Å²) in [6, 6.07) is 1.79. The summed E-state index contributed by atoms with van der Waals surface area (Å²) in [6.45, 7) is 1.71. The largest absolute Gasteiger partial charge is 0.387 e. The second kappa shape index (κ2) is 8.37. The molecule has 176 valence electrons. The second-order valence-electron chi connectivity index (χ2n) is 8.82. The predicted octanol–water partition coefficient (Wildman–Crippen LogP) is -0.756. The van der Waals surface area contributed by atoms with E-state index in [0.717, 1.165) is 25.9 Å². The van der Waals surface area contributed by atoms with Crippen LogP contribution in [-0.2, 0) is 16.6 Å². The molecular weight excluding hydrogens is 428 g/mol. The summed E-state index contributed by atoms with van der Waals surface area (Å²) in [5.74, 6) is -0.192. The first-order chi connectivity index (χ1) is 15.8. The van der Waals surface area contributed by atoms with E-state index in [9.17, 15) is 15.0 Å². The van der Waals surface area contributed by atoms with Crippen LogP contribution in [0.2, 0.25) is 0 Å². The van der Waals surface area contributed by atoms with Crippen molar-refractivity contribution in [3.63, 3.8) is 0 Å². The summed E-state index contributed by atoms with van der Waals surface area (Å²) >= 11 is 0. The van der Waals surface area contributed by atoms with Crippen molar-refractivity contribution in [3.05, 3.63) is 24.8 Å². The molecule has 1 amide bonds. The third-order valence-corrected chi connectivity index (χ3v) is 6.37. The van der Waals surface area contributed by atoms with E-state index in [1.807, 2.05) is 13.1 Å². The number of amides is 1. The van der Waals surface area contributed by atoms with Crippen LogP contribution in [0.4, 0.5) is 5.82 Å². The van der Waals surface area contributed by atoms with Gasteiger partial charge in [0.05, 0.1) is 11.1 Å². The highest BCUT2D eigenvalue weighted by molar-refractivity contribution is 5.99. The number of nitrogen functional groups attached to an aromatic ring is 1. The molecule has 3 aromatic rings. The van der Waals surface area contributed by atoms with Gasteiger partial charge < -0.3 is 35.5 Å². The molecule has 0 saturated carbocycles. The Labute approximate surface area is 190 Å². The Hall–Kier alpha value is -3.06. The van der Waals surface area contributed by atoms with E-state index >= 15 is 0 Å².